The van der Waals surface area contributed by atoms with Crippen LogP contribution in [0.4, 0.5) is 5.69 Å². The van der Waals surface area contributed by atoms with Crippen molar-refractivity contribution in [2.24, 2.45) is 0 Å². The fourth-order valence-corrected chi connectivity index (χ4v) is 16.5. The standard InChI is InChI=1S/C39H32GeN4/c1-42-25-26-43(29-42)33-22-23-36-35-19-8-9-20-37(35)44(38(36)28-33)34-18-12-17-32(27-34)40(30-13-4-2-5-14-30,31-15-6-3-7-16-31)39-21-10-11-24-41-39/h2-28H,29H2,1H3. The van der Waals surface area contributed by atoms with Gasteiger partial charge in [-0.3, -0.25) is 0 Å². The average Bonchev–Trinajstić information content (AvgIpc) is 3.67. The zero-order valence-electron chi connectivity index (χ0n) is 24.6. The van der Waals surface area contributed by atoms with Gasteiger partial charge in [0.1, 0.15) is 0 Å². The molecular formula is C39H32GeN4. The van der Waals surface area contributed by atoms with Crippen molar-refractivity contribution in [1.29, 1.82) is 0 Å². The van der Waals surface area contributed by atoms with Crippen molar-refractivity contribution in [3.8, 4) is 5.69 Å². The van der Waals surface area contributed by atoms with Crippen molar-refractivity contribution >= 4 is 58.5 Å². The quantitative estimate of drug-likeness (QED) is 0.220. The summed E-state index contributed by atoms with van der Waals surface area (Å²) in [6.45, 7) is 0.843. The number of rotatable bonds is 6. The van der Waals surface area contributed by atoms with Crippen LogP contribution in [0.2, 0.25) is 0 Å². The number of benzene rings is 5. The molecule has 5 heteroatoms. The molecule has 0 atom stereocenters. The van der Waals surface area contributed by atoms with E-state index in [4.69, 9.17) is 4.98 Å². The van der Waals surface area contributed by atoms with E-state index in [1.54, 1.807) is 0 Å². The summed E-state index contributed by atoms with van der Waals surface area (Å²) in [5.41, 5.74) is 4.77. The summed E-state index contributed by atoms with van der Waals surface area (Å²) in [4.78, 5) is 9.59. The Hall–Kier alpha value is -5.07. The summed E-state index contributed by atoms with van der Waals surface area (Å²) in [6, 6.07) is 53.4. The summed E-state index contributed by atoms with van der Waals surface area (Å²) in [5, 5.41) is 2.52. The fraction of sp³-hybridized carbons (Fsp3) is 0.0513. The SMILES string of the molecule is CN1C=CN(c2ccc3c4ccccc4n(-c4ccc[c]([Ge]([c]5ccccc5)([c]5ccccc5)[c]5ccccn5)c4)c3c2)C1. The minimum atomic E-state index is -3.52. The van der Waals surface area contributed by atoms with Gasteiger partial charge < -0.3 is 0 Å². The second-order valence-corrected chi connectivity index (χ2v) is 19.3. The molecule has 0 bridgehead atoms. The minimum absolute atomic E-state index is 0.843. The first-order chi connectivity index (χ1) is 21.7. The first-order valence-electron chi connectivity index (χ1n) is 15.1. The molecule has 1 aliphatic heterocycles. The molecule has 0 fully saturated rings. The zero-order valence-corrected chi connectivity index (χ0v) is 26.7. The van der Waals surface area contributed by atoms with Gasteiger partial charge in [0.25, 0.3) is 0 Å². The average molecular weight is 629 g/mol. The topological polar surface area (TPSA) is 24.3 Å². The van der Waals surface area contributed by atoms with E-state index in [0.29, 0.717) is 0 Å². The Kier molecular flexibility index (Phi) is 6.57. The second-order valence-electron chi connectivity index (χ2n) is 11.5. The molecule has 7 aromatic rings. The Balaban J connectivity index is 1.41. The number of hydrogen-bond donors (Lipinski definition) is 0. The summed E-state index contributed by atoms with van der Waals surface area (Å²) in [5.74, 6) is 0. The molecule has 0 aliphatic carbocycles. The third kappa shape index (κ3) is 4.25. The van der Waals surface area contributed by atoms with E-state index >= 15 is 0 Å². The van der Waals surface area contributed by atoms with Crippen LogP contribution in [0.25, 0.3) is 27.5 Å². The summed E-state index contributed by atoms with van der Waals surface area (Å²) < 4.78 is 7.71. The molecular weight excluding hydrogens is 597 g/mol. The normalized spacial score (nSPS) is 13.3. The number of hydrogen-bond acceptors (Lipinski definition) is 3. The molecule has 212 valence electrons. The van der Waals surface area contributed by atoms with Crippen molar-refractivity contribution in [1.82, 2.24) is 14.5 Å². The number of para-hydroxylation sites is 1. The van der Waals surface area contributed by atoms with Crippen LogP contribution in [0, 0.1) is 0 Å². The van der Waals surface area contributed by atoms with Gasteiger partial charge in [-0.1, -0.05) is 0 Å². The molecule has 0 radical (unpaired) electrons. The van der Waals surface area contributed by atoms with Crippen LogP contribution in [0.1, 0.15) is 0 Å². The molecule has 0 amide bonds. The van der Waals surface area contributed by atoms with Gasteiger partial charge in [0.2, 0.25) is 0 Å². The van der Waals surface area contributed by atoms with Gasteiger partial charge in [0.15, 0.2) is 0 Å². The van der Waals surface area contributed by atoms with E-state index in [1.165, 1.54) is 45.2 Å². The molecule has 0 unspecified atom stereocenters. The monoisotopic (exact) mass is 630 g/mol. The maximum atomic E-state index is 5.10. The predicted molar refractivity (Wildman–Crippen MR) is 186 cm³/mol. The van der Waals surface area contributed by atoms with E-state index in [2.05, 4.69) is 173 Å². The van der Waals surface area contributed by atoms with Crippen LogP contribution in [0.3, 0.4) is 0 Å². The van der Waals surface area contributed by atoms with E-state index in [1.807, 2.05) is 12.3 Å². The van der Waals surface area contributed by atoms with Crippen LogP contribution in [0.15, 0.2) is 164 Å². The van der Waals surface area contributed by atoms with Gasteiger partial charge in [-0.25, -0.2) is 0 Å². The van der Waals surface area contributed by atoms with Gasteiger partial charge in [-0.2, -0.15) is 0 Å². The number of pyridine rings is 1. The second kappa shape index (κ2) is 10.9. The van der Waals surface area contributed by atoms with Gasteiger partial charge in [-0.15, -0.1) is 0 Å². The third-order valence-corrected chi connectivity index (χ3v) is 18.6. The number of nitrogens with zero attached hydrogens (tertiary/aromatic N) is 4. The number of fused-ring (bicyclic) bond motifs is 3. The Morgan fingerprint density at radius 3 is 1.93 bits per heavy atom. The van der Waals surface area contributed by atoms with Gasteiger partial charge >= 0.3 is 261 Å². The Morgan fingerprint density at radius 2 is 1.23 bits per heavy atom. The van der Waals surface area contributed by atoms with Crippen molar-refractivity contribution in [2.75, 3.05) is 18.6 Å². The molecule has 4 nitrogen and oxygen atoms in total. The first-order valence-corrected chi connectivity index (χ1v) is 19.2. The van der Waals surface area contributed by atoms with Crippen LogP contribution in [-0.4, -0.2) is 41.4 Å². The Labute approximate surface area is 260 Å². The van der Waals surface area contributed by atoms with Crippen molar-refractivity contribution < 1.29 is 0 Å². The zero-order chi connectivity index (χ0) is 29.5. The summed E-state index contributed by atoms with van der Waals surface area (Å²) >= 11 is -3.52. The van der Waals surface area contributed by atoms with E-state index < -0.39 is 13.3 Å². The van der Waals surface area contributed by atoms with Crippen LogP contribution < -0.4 is 22.6 Å². The van der Waals surface area contributed by atoms with E-state index in [-0.39, 0.29) is 0 Å². The van der Waals surface area contributed by atoms with Crippen LogP contribution in [0.5, 0.6) is 0 Å². The molecule has 0 N–H and O–H groups in total. The summed E-state index contributed by atoms with van der Waals surface area (Å²) in [7, 11) is 2.11. The Bertz CT molecular complexity index is 2020. The van der Waals surface area contributed by atoms with E-state index in [9.17, 15) is 0 Å². The van der Waals surface area contributed by atoms with Crippen molar-refractivity contribution in [2.45, 2.75) is 0 Å². The molecule has 1 aliphatic rings. The third-order valence-electron chi connectivity index (χ3n) is 8.87. The predicted octanol–water partition coefficient (Wildman–Crippen LogP) is 5.74. The van der Waals surface area contributed by atoms with Gasteiger partial charge in [0.05, 0.1) is 0 Å². The molecule has 8 rings (SSSR count). The number of anilines is 1. The molecule has 3 heterocycles. The fourth-order valence-electron chi connectivity index (χ4n) is 6.90. The van der Waals surface area contributed by atoms with Gasteiger partial charge in [-0.05, 0) is 0 Å². The Morgan fingerprint density at radius 1 is 0.545 bits per heavy atom. The van der Waals surface area contributed by atoms with Crippen LogP contribution in [-0.2, 0) is 0 Å². The summed E-state index contributed by atoms with van der Waals surface area (Å²) in [6.07, 6.45) is 6.23. The molecule has 0 saturated heterocycles. The van der Waals surface area contributed by atoms with Crippen molar-refractivity contribution in [3.63, 3.8) is 0 Å². The molecule has 5 aromatic carbocycles. The van der Waals surface area contributed by atoms with Crippen molar-refractivity contribution in [3.05, 3.63) is 164 Å². The maximum absolute atomic E-state index is 5.10. The molecule has 0 spiro atoms. The first kappa shape index (κ1) is 26.6. The molecule has 2 aromatic heterocycles. The molecule has 44 heavy (non-hydrogen) atoms. The van der Waals surface area contributed by atoms with Crippen LogP contribution >= 0.6 is 0 Å². The molecule has 0 saturated carbocycles. The van der Waals surface area contributed by atoms with E-state index in [0.717, 1.165) is 12.4 Å². The van der Waals surface area contributed by atoms with Gasteiger partial charge in [0, 0.05) is 0 Å². The number of aromatic nitrogens is 2.